The molecule has 0 bridgehead atoms. The van der Waals surface area contributed by atoms with E-state index in [2.05, 4.69) is 48.5 Å². The molecule has 102 valence electrons. The molecule has 0 atom stereocenters. The summed E-state index contributed by atoms with van der Waals surface area (Å²) < 4.78 is 5.57. The molecule has 0 aliphatic carbocycles. The van der Waals surface area contributed by atoms with Crippen molar-refractivity contribution in [3.8, 4) is 0 Å². The SMILES string of the molecule is Cc1ccc(NCCN(C)Cc2ccc(C)o2)cc1. The molecule has 1 aromatic heterocycles. The standard InChI is InChI=1S/C16H22N2O/c1-13-4-7-15(8-5-13)17-10-11-18(3)12-16-9-6-14(2)19-16/h4-9,17H,10-12H2,1-3H3. The lowest BCUT2D eigenvalue weighted by Crippen LogP contribution is -2.24. The van der Waals surface area contributed by atoms with Crippen LogP contribution in [0.3, 0.4) is 0 Å². The highest BCUT2D eigenvalue weighted by Crippen LogP contribution is 2.10. The van der Waals surface area contributed by atoms with Gasteiger partial charge in [0.05, 0.1) is 6.54 Å². The third kappa shape index (κ3) is 4.45. The van der Waals surface area contributed by atoms with E-state index in [0.29, 0.717) is 0 Å². The van der Waals surface area contributed by atoms with Gasteiger partial charge in [-0.05, 0) is 45.2 Å². The Bertz CT molecular complexity index is 502. The number of likely N-dealkylation sites (N-methyl/N-ethyl adjacent to an activating group) is 1. The van der Waals surface area contributed by atoms with Gasteiger partial charge in [0.25, 0.3) is 0 Å². The van der Waals surface area contributed by atoms with E-state index >= 15 is 0 Å². The van der Waals surface area contributed by atoms with Crippen LogP contribution in [-0.2, 0) is 6.54 Å². The summed E-state index contributed by atoms with van der Waals surface area (Å²) in [6, 6.07) is 12.5. The summed E-state index contributed by atoms with van der Waals surface area (Å²) in [6.45, 7) is 6.83. The highest BCUT2D eigenvalue weighted by molar-refractivity contribution is 5.44. The van der Waals surface area contributed by atoms with Crippen molar-refractivity contribution in [2.75, 3.05) is 25.5 Å². The van der Waals surface area contributed by atoms with Crippen LogP contribution in [0.25, 0.3) is 0 Å². The smallest absolute Gasteiger partial charge is 0.118 e. The van der Waals surface area contributed by atoms with Crippen molar-refractivity contribution in [3.05, 3.63) is 53.5 Å². The third-order valence-electron chi connectivity index (χ3n) is 3.10. The lowest BCUT2D eigenvalue weighted by Gasteiger charge is -2.16. The first-order valence-corrected chi connectivity index (χ1v) is 6.68. The first-order chi connectivity index (χ1) is 9.13. The Hall–Kier alpha value is -1.74. The number of hydrogen-bond acceptors (Lipinski definition) is 3. The van der Waals surface area contributed by atoms with Crippen molar-refractivity contribution in [2.24, 2.45) is 0 Å². The van der Waals surface area contributed by atoms with Gasteiger partial charge in [-0.3, -0.25) is 4.90 Å². The maximum absolute atomic E-state index is 5.57. The zero-order valence-corrected chi connectivity index (χ0v) is 11.9. The molecule has 0 amide bonds. The quantitative estimate of drug-likeness (QED) is 0.860. The molecule has 2 rings (SSSR count). The van der Waals surface area contributed by atoms with Gasteiger partial charge in [-0.15, -0.1) is 0 Å². The number of anilines is 1. The Labute approximate surface area is 115 Å². The molecule has 0 unspecified atom stereocenters. The largest absolute Gasteiger partial charge is 0.465 e. The monoisotopic (exact) mass is 258 g/mol. The molecule has 0 saturated carbocycles. The summed E-state index contributed by atoms with van der Waals surface area (Å²) in [6.07, 6.45) is 0. The number of hydrogen-bond donors (Lipinski definition) is 1. The maximum atomic E-state index is 5.57. The molecular formula is C16H22N2O. The van der Waals surface area contributed by atoms with Crippen molar-refractivity contribution in [2.45, 2.75) is 20.4 Å². The van der Waals surface area contributed by atoms with Crippen LogP contribution in [0.5, 0.6) is 0 Å². The van der Waals surface area contributed by atoms with Crippen LogP contribution in [0.1, 0.15) is 17.1 Å². The fraction of sp³-hybridized carbons (Fsp3) is 0.375. The summed E-state index contributed by atoms with van der Waals surface area (Å²) in [7, 11) is 2.11. The maximum Gasteiger partial charge on any atom is 0.118 e. The van der Waals surface area contributed by atoms with Gasteiger partial charge in [0.1, 0.15) is 11.5 Å². The van der Waals surface area contributed by atoms with Crippen LogP contribution in [0, 0.1) is 13.8 Å². The molecule has 19 heavy (non-hydrogen) atoms. The topological polar surface area (TPSA) is 28.4 Å². The Balaban J connectivity index is 1.71. The molecule has 1 heterocycles. The van der Waals surface area contributed by atoms with E-state index < -0.39 is 0 Å². The molecular weight excluding hydrogens is 236 g/mol. The van der Waals surface area contributed by atoms with Gasteiger partial charge in [-0.2, -0.15) is 0 Å². The second-order valence-electron chi connectivity index (χ2n) is 5.04. The average molecular weight is 258 g/mol. The molecule has 0 saturated heterocycles. The van der Waals surface area contributed by atoms with Crippen molar-refractivity contribution in [1.29, 1.82) is 0 Å². The van der Waals surface area contributed by atoms with E-state index in [4.69, 9.17) is 4.42 Å². The summed E-state index contributed by atoms with van der Waals surface area (Å²) in [5.41, 5.74) is 2.46. The third-order valence-corrected chi connectivity index (χ3v) is 3.10. The van der Waals surface area contributed by atoms with Gasteiger partial charge in [-0.1, -0.05) is 17.7 Å². The van der Waals surface area contributed by atoms with E-state index in [1.165, 1.54) is 11.3 Å². The summed E-state index contributed by atoms with van der Waals surface area (Å²) in [5.74, 6) is 2.00. The number of rotatable bonds is 6. The number of benzene rings is 1. The van der Waals surface area contributed by atoms with Gasteiger partial charge in [-0.25, -0.2) is 0 Å². The van der Waals surface area contributed by atoms with E-state index in [9.17, 15) is 0 Å². The van der Waals surface area contributed by atoms with E-state index in [0.717, 1.165) is 31.2 Å². The highest BCUT2D eigenvalue weighted by Gasteiger charge is 2.03. The fourth-order valence-electron chi connectivity index (χ4n) is 1.98. The van der Waals surface area contributed by atoms with Gasteiger partial charge < -0.3 is 9.73 Å². The second-order valence-corrected chi connectivity index (χ2v) is 5.04. The highest BCUT2D eigenvalue weighted by atomic mass is 16.3. The minimum atomic E-state index is 0.851. The van der Waals surface area contributed by atoms with Crippen molar-refractivity contribution >= 4 is 5.69 Å². The number of furan rings is 1. The lowest BCUT2D eigenvalue weighted by molar-refractivity contribution is 0.302. The number of nitrogens with zero attached hydrogens (tertiary/aromatic N) is 1. The van der Waals surface area contributed by atoms with Crippen molar-refractivity contribution < 1.29 is 4.42 Å². The Morgan fingerprint density at radius 2 is 1.79 bits per heavy atom. The van der Waals surface area contributed by atoms with Crippen LogP contribution >= 0.6 is 0 Å². The Morgan fingerprint density at radius 3 is 2.42 bits per heavy atom. The summed E-state index contributed by atoms with van der Waals surface area (Å²) in [5, 5.41) is 3.42. The van der Waals surface area contributed by atoms with Gasteiger partial charge in [0.15, 0.2) is 0 Å². The van der Waals surface area contributed by atoms with Crippen LogP contribution in [0.15, 0.2) is 40.8 Å². The first-order valence-electron chi connectivity index (χ1n) is 6.68. The molecule has 0 radical (unpaired) electrons. The van der Waals surface area contributed by atoms with E-state index in [1.807, 2.05) is 19.1 Å². The van der Waals surface area contributed by atoms with E-state index in [1.54, 1.807) is 0 Å². The molecule has 1 aromatic carbocycles. The Morgan fingerprint density at radius 1 is 1.05 bits per heavy atom. The summed E-state index contributed by atoms with van der Waals surface area (Å²) in [4.78, 5) is 2.25. The minimum absolute atomic E-state index is 0.851. The predicted octanol–water partition coefficient (Wildman–Crippen LogP) is 3.44. The Kier molecular flexibility index (Phi) is 4.63. The summed E-state index contributed by atoms with van der Waals surface area (Å²) >= 11 is 0. The molecule has 3 heteroatoms. The fourth-order valence-corrected chi connectivity index (χ4v) is 1.98. The van der Waals surface area contributed by atoms with Crippen LogP contribution < -0.4 is 5.32 Å². The van der Waals surface area contributed by atoms with Crippen LogP contribution in [0.2, 0.25) is 0 Å². The van der Waals surface area contributed by atoms with Crippen molar-refractivity contribution in [3.63, 3.8) is 0 Å². The van der Waals surface area contributed by atoms with Gasteiger partial charge in [0.2, 0.25) is 0 Å². The molecule has 3 nitrogen and oxygen atoms in total. The number of nitrogens with one attached hydrogen (secondary N) is 1. The van der Waals surface area contributed by atoms with Crippen LogP contribution in [-0.4, -0.2) is 25.0 Å². The van der Waals surface area contributed by atoms with Gasteiger partial charge >= 0.3 is 0 Å². The average Bonchev–Trinajstić information content (AvgIpc) is 2.77. The normalized spacial score (nSPS) is 10.9. The zero-order chi connectivity index (χ0) is 13.7. The second kappa shape index (κ2) is 6.43. The molecule has 0 aliphatic rings. The van der Waals surface area contributed by atoms with E-state index in [-0.39, 0.29) is 0 Å². The molecule has 0 spiro atoms. The molecule has 0 aliphatic heterocycles. The minimum Gasteiger partial charge on any atom is -0.465 e. The molecule has 0 fully saturated rings. The molecule has 2 aromatic rings. The van der Waals surface area contributed by atoms with Crippen molar-refractivity contribution in [1.82, 2.24) is 4.90 Å². The molecule has 1 N–H and O–H groups in total. The lowest BCUT2D eigenvalue weighted by atomic mass is 10.2. The zero-order valence-electron chi connectivity index (χ0n) is 11.9. The van der Waals surface area contributed by atoms with Crippen LogP contribution in [0.4, 0.5) is 5.69 Å². The van der Waals surface area contributed by atoms with Gasteiger partial charge in [0, 0.05) is 18.8 Å². The number of aryl methyl sites for hydroxylation is 2. The first kappa shape index (κ1) is 13.7. The predicted molar refractivity (Wildman–Crippen MR) is 79.4 cm³/mol.